The lowest BCUT2D eigenvalue weighted by Crippen LogP contribution is -2.28. The third kappa shape index (κ3) is 5.04. The molecule has 25 heavy (non-hydrogen) atoms. The molecule has 0 N–H and O–H groups in total. The van der Waals surface area contributed by atoms with Gasteiger partial charge in [0, 0.05) is 11.3 Å². The van der Waals surface area contributed by atoms with E-state index in [0.29, 0.717) is 0 Å². The minimum atomic E-state index is -0.196. The summed E-state index contributed by atoms with van der Waals surface area (Å²) in [5.74, 6) is -0.256. The van der Waals surface area contributed by atoms with E-state index in [4.69, 9.17) is 0 Å². The Kier molecular flexibility index (Phi) is 7.43. The predicted molar refractivity (Wildman–Crippen MR) is 106 cm³/mol. The van der Waals surface area contributed by atoms with Gasteiger partial charge in [0.15, 0.2) is 0 Å². The number of unbranched alkanes of at least 4 members (excludes halogenated alkanes) is 1. The molecule has 2 rings (SSSR count). The van der Waals surface area contributed by atoms with Gasteiger partial charge in [-0.15, -0.1) is 0 Å². The zero-order chi connectivity index (χ0) is 18.1. The Labute approximate surface area is 152 Å². The Hall–Kier alpha value is -1.89. The summed E-state index contributed by atoms with van der Waals surface area (Å²) >= 11 is 0. The molecule has 1 unspecified atom stereocenters. The first-order valence-electron chi connectivity index (χ1n) is 9.55. The molecule has 0 saturated carbocycles. The highest BCUT2D eigenvalue weighted by Gasteiger charge is 2.33. The van der Waals surface area contributed by atoms with Gasteiger partial charge < -0.3 is 0 Å². The minimum absolute atomic E-state index is 0.00982. The monoisotopic (exact) mass is 338 g/mol. The van der Waals surface area contributed by atoms with Crippen LogP contribution in [0, 0.1) is 5.92 Å². The molecule has 0 fully saturated rings. The zero-order valence-electron chi connectivity index (χ0n) is 15.7. The van der Waals surface area contributed by atoms with Crippen molar-refractivity contribution in [2.45, 2.75) is 57.8 Å². The first kappa shape index (κ1) is 19.4. The maximum atomic E-state index is 13.4. The van der Waals surface area contributed by atoms with Crippen LogP contribution in [0.4, 0.5) is 4.39 Å². The fourth-order valence-corrected chi connectivity index (χ4v) is 3.73. The maximum absolute atomic E-state index is 13.4. The first-order valence-corrected chi connectivity index (χ1v) is 9.55. The van der Waals surface area contributed by atoms with Gasteiger partial charge in [0.25, 0.3) is 0 Å². The fraction of sp³-hybridized carbons (Fsp3) is 0.417. The molecule has 2 aromatic rings. The number of rotatable bonds is 10. The van der Waals surface area contributed by atoms with Crippen LogP contribution < -0.4 is 0 Å². The highest BCUT2D eigenvalue weighted by molar-refractivity contribution is 5.39. The van der Waals surface area contributed by atoms with E-state index in [0.717, 1.165) is 25.7 Å². The van der Waals surface area contributed by atoms with Crippen molar-refractivity contribution in [3.63, 3.8) is 0 Å². The van der Waals surface area contributed by atoms with Crippen molar-refractivity contribution in [3.05, 3.63) is 84.2 Å². The molecule has 0 aliphatic carbocycles. The van der Waals surface area contributed by atoms with Gasteiger partial charge in [-0.2, -0.15) is 0 Å². The van der Waals surface area contributed by atoms with Crippen LogP contribution in [0.1, 0.15) is 63.5 Å². The Balaban J connectivity index is 2.35. The molecule has 0 nitrogen and oxygen atoms in total. The van der Waals surface area contributed by atoms with Crippen molar-refractivity contribution in [2.75, 3.05) is 0 Å². The molecular weight excluding hydrogens is 307 g/mol. The number of hydrogen-bond acceptors (Lipinski definition) is 0. The molecule has 1 heteroatoms. The van der Waals surface area contributed by atoms with Crippen LogP contribution in [-0.2, 0) is 5.41 Å². The van der Waals surface area contributed by atoms with E-state index < -0.39 is 0 Å². The Bertz CT molecular complexity index is 590. The lowest BCUT2D eigenvalue weighted by atomic mass is 9.68. The van der Waals surface area contributed by atoms with Crippen LogP contribution in [-0.4, -0.2) is 0 Å². The maximum Gasteiger partial charge on any atom is 0.0956 e. The molecule has 0 aromatic heterocycles. The van der Waals surface area contributed by atoms with Crippen molar-refractivity contribution in [3.8, 4) is 0 Å². The second-order valence-corrected chi connectivity index (χ2v) is 7.16. The Morgan fingerprint density at radius 2 is 1.40 bits per heavy atom. The Morgan fingerprint density at radius 1 is 0.920 bits per heavy atom. The fourth-order valence-electron chi connectivity index (χ4n) is 3.73. The molecule has 2 aromatic carbocycles. The summed E-state index contributed by atoms with van der Waals surface area (Å²) in [7, 11) is 0. The highest BCUT2D eigenvalue weighted by Crippen LogP contribution is 2.42. The molecule has 1 atom stereocenters. The second-order valence-electron chi connectivity index (χ2n) is 7.16. The van der Waals surface area contributed by atoms with Crippen LogP contribution in [0.3, 0.4) is 0 Å². The largest absolute Gasteiger partial charge is 0.212 e. The average molecular weight is 339 g/mol. The minimum Gasteiger partial charge on any atom is -0.212 e. The van der Waals surface area contributed by atoms with Crippen LogP contribution in [0.5, 0.6) is 0 Å². The normalized spacial score (nSPS) is 12.8. The van der Waals surface area contributed by atoms with E-state index in [2.05, 4.69) is 74.2 Å². The SMILES string of the molecule is C=C(F)C(C)CCCC(CCCC)(c1ccccc1)c1ccccc1. The first-order chi connectivity index (χ1) is 12.1. The van der Waals surface area contributed by atoms with Gasteiger partial charge in [0.05, 0.1) is 5.83 Å². The molecular formula is C24H31F. The molecule has 0 radical (unpaired) electrons. The average Bonchev–Trinajstić information content (AvgIpc) is 2.66. The van der Waals surface area contributed by atoms with Crippen molar-refractivity contribution in [1.29, 1.82) is 0 Å². The molecule has 0 spiro atoms. The van der Waals surface area contributed by atoms with Gasteiger partial charge in [-0.05, 0) is 30.4 Å². The molecule has 134 valence electrons. The summed E-state index contributed by atoms with van der Waals surface area (Å²) in [5, 5.41) is 0. The van der Waals surface area contributed by atoms with E-state index in [1.807, 2.05) is 6.92 Å². The summed E-state index contributed by atoms with van der Waals surface area (Å²) in [5.41, 5.74) is 2.76. The van der Waals surface area contributed by atoms with E-state index >= 15 is 0 Å². The van der Waals surface area contributed by atoms with Crippen LogP contribution in [0.15, 0.2) is 73.1 Å². The zero-order valence-corrected chi connectivity index (χ0v) is 15.7. The third-order valence-corrected chi connectivity index (χ3v) is 5.39. The standard InChI is InChI=1S/C24H31F/c1-4-5-18-24(22-14-8-6-9-15-22,23-16-10-7-11-17-23)19-12-13-20(2)21(3)25/h6-11,14-17,20H,3-5,12-13,18-19H2,1-2H3. The molecule has 0 saturated heterocycles. The van der Waals surface area contributed by atoms with Crippen molar-refractivity contribution < 1.29 is 4.39 Å². The topological polar surface area (TPSA) is 0 Å². The van der Waals surface area contributed by atoms with Gasteiger partial charge in [-0.3, -0.25) is 0 Å². The van der Waals surface area contributed by atoms with Crippen molar-refractivity contribution in [2.24, 2.45) is 5.92 Å². The van der Waals surface area contributed by atoms with Crippen molar-refractivity contribution >= 4 is 0 Å². The molecule has 0 aliphatic rings. The van der Waals surface area contributed by atoms with E-state index in [-0.39, 0.29) is 17.2 Å². The van der Waals surface area contributed by atoms with Gasteiger partial charge in [0.1, 0.15) is 0 Å². The quantitative estimate of drug-likeness (QED) is 0.422. The summed E-state index contributed by atoms with van der Waals surface area (Å²) in [6, 6.07) is 21.7. The third-order valence-electron chi connectivity index (χ3n) is 5.39. The van der Waals surface area contributed by atoms with Gasteiger partial charge >= 0.3 is 0 Å². The highest BCUT2D eigenvalue weighted by atomic mass is 19.1. The van der Waals surface area contributed by atoms with E-state index in [1.165, 1.54) is 24.0 Å². The van der Waals surface area contributed by atoms with Gasteiger partial charge in [0.2, 0.25) is 0 Å². The summed E-state index contributed by atoms with van der Waals surface area (Å²) in [4.78, 5) is 0. The summed E-state index contributed by atoms with van der Waals surface area (Å²) < 4.78 is 13.4. The van der Waals surface area contributed by atoms with Crippen LogP contribution in [0.2, 0.25) is 0 Å². The van der Waals surface area contributed by atoms with Crippen LogP contribution >= 0.6 is 0 Å². The smallest absolute Gasteiger partial charge is 0.0956 e. The number of hydrogen-bond donors (Lipinski definition) is 0. The second kappa shape index (κ2) is 9.56. The lowest BCUT2D eigenvalue weighted by Gasteiger charge is -2.36. The number of halogens is 1. The van der Waals surface area contributed by atoms with E-state index in [1.54, 1.807) is 0 Å². The molecule has 0 heterocycles. The van der Waals surface area contributed by atoms with Gasteiger partial charge in [-0.25, -0.2) is 4.39 Å². The summed E-state index contributed by atoms with van der Waals surface area (Å²) in [6.07, 6.45) is 6.38. The molecule has 0 bridgehead atoms. The molecule has 0 amide bonds. The Morgan fingerprint density at radius 3 is 1.84 bits per heavy atom. The summed E-state index contributed by atoms with van der Waals surface area (Å²) in [6.45, 7) is 7.65. The number of allylic oxidation sites excluding steroid dienone is 1. The van der Waals surface area contributed by atoms with E-state index in [9.17, 15) is 4.39 Å². The van der Waals surface area contributed by atoms with Crippen LogP contribution in [0.25, 0.3) is 0 Å². The molecule has 0 aliphatic heterocycles. The van der Waals surface area contributed by atoms with Crippen molar-refractivity contribution in [1.82, 2.24) is 0 Å². The lowest BCUT2D eigenvalue weighted by molar-refractivity contribution is 0.376. The van der Waals surface area contributed by atoms with Gasteiger partial charge in [-0.1, -0.05) is 100 Å². The number of benzene rings is 2. The predicted octanol–water partition coefficient (Wildman–Crippen LogP) is 7.45.